The van der Waals surface area contributed by atoms with Crippen LogP contribution in [0.1, 0.15) is 194 Å². The number of aliphatic hydroxyl groups is 1. The molecule has 11 nitrogen and oxygen atoms in total. The van der Waals surface area contributed by atoms with E-state index in [2.05, 4.69) is 13.8 Å². The first-order valence-electron chi connectivity index (χ1n) is 23.4. The van der Waals surface area contributed by atoms with E-state index in [9.17, 15) is 34.5 Å². The summed E-state index contributed by atoms with van der Waals surface area (Å²) in [5.41, 5.74) is 0. The molecule has 11 heteroatoms. The number of rotatable bonds is 38. The van der Waals surface area contributed by atoms with Gasteiger partial charge in [-0.2, -0.15) is 0 Å². The van der Waals surface area contributed by atoms with E-state index >= 15 is 0 Å². The standard InChI is InChI=1S/C25H49NO4.C23H41NO5/c1-5-6-7-8-9-10-11-12-13-14-15-16-17-18-19-20-25(29)30-23(21-24(27)28)22-26(2,3)4;1-5-6-7-8-9-10-11-12-13-14-15-16-20(25)17-23(28)29-21(18-22(26)27)19-24(2,3)4/h23H,5-22H2,1-4H3;15-17,21H,5-14,18-19H2,1-4H3,(H-,25,26,27,28). The number of aliphatic hydroxyl groups excluding tert-OH is 1. The Balaban J connectivity index is 0. The first-order valence-corrected chi connectivity index (χ1v) is 23.4. The maximum atomic E-state index is 12.0. The fourth-order valence-electron chi connectivity index (χ4n) is 6.91. The average Bonchev–Trinajstić information content (AvgIpc) is 3.10. The van der Waals surface area contributed by atoms with E-state index in [-0.39, 0.29) is 24.6 Å². The van der Waals surface area contributed by atoms with Crippen LogP contribution in [0.4, 0.5) is 0 Å². The van der Waals surface area contributed by atoms with Gasteiger partial charge in [-0.15, -0.1) is 0 Å². The number of carboxylic acid groups (broad SMARTS) is 2. The Labute approximate surface area is 361 Å². The maximum Gasteiger partial charge on any atom is 0.334 e. The van der Waals surface area contributed by atoms with Gasteiger partial charge in [0.2, 0.25) is 0 Å². The summed E-state index contributed by atoms with van der Waals surface area (Å²) in [4.78, 5) is 45.6. The van der Waals surface area contributed by atoms with Crippen LogP contribution >= 0.6 is 0 Å². The monoisotopic (exact) mass is 839 g/mol. The molecule has 346 valence electrons. The Kier molecular flexibility index (Phi) is 37.5. The minimum atomic E-state index is -1.27. The first kappa shape index (κ1) is 58.2. The van der Waals surface area contributed by atoms with E-state index < -0.39 is 30.1 Å². The molecular formula is C48H90N2O9. The summed E-state index contributed by atoms with van der Waals surface area (Å²) in [5, 5.41) is 31.5. The van der Waals surface area contributed by atoms with Crippen molar-refractivity contribution in [3.8, 4) is 0 Å². The highest BCUT2D eigenvalue weighted by Crippen LogP contribution is 2.15. The zero-order chi connectivity index (χ0) is 44.8. The van der Waals surface area contributed by atoms with Gasteiger partial charge in [0.1, 0.15) is 18.8 Å². The number of quaternary nitrogens is 2. The van der Waals surface area contributed by atoms with Crippen LogP contribution in [-0.4, -0.2) is 106 Å². The smallest absolute Gasteiger partial charge is 0.334 e. The number of esters is 2. The van der Waals surface area contributed by atoms with Crippen molar-refractivity contribution in [2.45, 2.75) is 206 Å². The second kappa shape index (κ2) is 38.0. The molecule has 0 spiro atoms. The van der Waals surface area contributed by atoms with Crippen molar-refractivity contribution >= 4 is 23.9 Å². The second-order valence-corrected chi connectivity index (χ2v) is 18.6. The van der Waals surface area contributed by atoms with E-state index in [1.54, 1.807) is 0 Å². The van der Waals surface area contributed by atoms with Crippen LogP contribution in [0.3, 0.4) is 0 Å². The first-order chi connectivity index (χ1) is 27.9. The molecule has 1 N–H and O–H groups in total. The van der Waals surface area contributed by atoms with Crippen molar-refractivity contribution < 1.29 is 52.9 Å². The summed E-state index contributed by atoms with van der Waals surface area (Å²) >= 11 is 0. The van der Waals surface area contributed by atoms with Crippen molar-refractivity contribution in [1.29, 1.82) is 0 Å². The van der Waals surface area contributed by atoms with Crippen molar-refractivity contribution in [2.75, 3.05) is 55.4 Å². The predicted octanol–water partition coefficient (Wildman–Crippen LogP) is 8.67. The number of aliphatic carboxylic acids is 2. The fourth-order valence-corrected chi connectivity index (χ4v) is 6.91. The third-order valence-corrected chi connectivity index (χ3v) is 9.89. The number of nitrogens with zero attached hydrogens (tertiary/aromatic N) is 2. The van der Waals surface area contributed by atoms with Crippen LogP contribution in [0, 0.1) is 0 Å². The predicted molar refractivity (Wildman–Crippen MR) is 236 cm³/mol. The molecule has 0 heterocycles. The molecule has 0 aliphatic carbocycles. The Morgan fingerprint density at radius 2 is 0.864 bits per heavy atom. The van der Waals surface area contributed by atoms with Gasteiger partial charge in [0, 0.05) is 31.2 Å². The Morgan fingerprint density at radius 1 is 0.525 bits per heavy atom. The summed E-state index contributed by atoms with van der Waals surface area (Å²) in [5.74, 6) is -3.68. The van der Waals surface area contributed by atoms with E-state index in [4.69, 9.17) is 9.47 Å². The zero-order valence-electron chi connectivity index (χ0n) is 39.2. The summed E-state index contributed by atoms with van der Waals surface area (Å²) in [6.45, 7) is 5.30. The van der Waals surface area contributed by atoms with Gasteiger partial charge in [0.15, 0.2) is 12.2 Å². The highest BCUT2D eigenvalue weighted by molar-refractivity contribution is 5.83. The SMILES string of the molecule is CCCCCCCCCCCC=CC(O)=CC(=O)OC(CC(=O)[O-])C[N+](C)(C)C.CCCCCCCCCCCCCCCCCC(=O)OC(CC(=O)[O-])C[N+](C)(C)C. The van der Waals surface area contributed by atoms with Crippen LogP contribution in [0.5, 0.6) is 0 Å². The van der Waals surface area contributed by atoms with Crippen LogP contribution < -0.4 is 10.2 Å². The highest BCUT2D eigenvalue weighted by atomic mass is 16.5. The molecule has 0 radical (unpaired) electrons. The molecule has 0 aliphatic rings. The molecule has 0 saturated carbocycles. The average molecular weight is 839 g/mol. The van der Waals surface area contributed by atoms with Crippen molar-refractivity contribution in [3.63, 3.8) is 0 Å². The van der Waals surface area contributed by atoms with Crippen LogP contribution in [0.2, 0.25) is 0 Å². The molecule has 2 unspecified atom stereocenters. The van der Waals surface area contributed by atoms with Gasteiger partial charge in [0.25, 0.3) is 0 Å². The quantitative estimate of drug-likeness (QED) is 0.0161. The summed E-state index contributed by atoms with van der Waals surface area (Å²) in [7, 11) is 11.5. The van der Waals surface area contributed by atoms with Gasteiger partial charge in [0.05, 0.1) is 48.4 Å². The van der Waals surface area contributed by atoms with Gasteiger partial charge in [-0.25, -0.2) is 4.79 Å². The van der Waals surface area contributed by atoms with Gasteiger partial charge in [-0.3, -0.25) is 4.79 Å². The lowest BCUT2D eigenvalue weighted by Gasteiger charge is -2.29. The van der Waals surface area contributed by atoms with E-state index in [1.165, 1.54) is 134 Å². The third-order valence-electron chi connectivity index (χ3n) is 9.89. The Morgan fingerprint density at radius 3 is 1.22 bits per heavy atom. The normalized spacial score (nSPS) is 13.1. The lowest BCUT2D eigenvalue weighted by Crippen LogP contribution is -2.45. The van der Waals surface area contributed by atoms with E-state index in [0.717, 1.165) is 38.2 Å². The van der Waals surface area contributed by atoms with Gasteiger partial charge < -0.3 is 43.3 Å². The zero-order valence-corrected chi connectivity index (χ0v) is 39.2. The summed E-state index contributed by atoms with van der Waals surface area (Å²) in [6.07, 6.45) is 34.2. The van der Waals surface area contributed by atoms with Crippen molar-refractivity contribution in [3.05, 3.63) is 24.0 Å². The Bertz CT molecular complexity index is 1120. The van der Waals surface area contributed by atoms with Gasteiger partial charge in [-0.05, 0) is 25.3 Å². The topological polar surface area (TPSA) is 153 Å². The summed E-state index contributed by atoms with van der Waals surface area (Å²) < 4.78 is 11.5. The van der Waals surface area contributed by atoms with E-state index in [1.807, 2.05) is 48.4 Å². The van der Waals surface area contributed by atoms with Gasteiger partial charge >= 0.3 is 11.9 Å². The number of likely N-dealkylation sites (N-methyl/N-ethyl adjacent to an activating group) is 2. The lowest BCUT2D eigenvalue weighted by atomic mass is 10.0. The van der Waals surface area contributed by atoms with Crippen LogP contribution in [0.15, 0.2) is 24.0 Å². The molecule has 0 aromatic heterocycles. The van der Waals surface area contributed by atoms with Crippen molar-refractivity contribution in [2.24, 2.45) is 0 Å². The lowest BCUT2D eigenvalue weighted by molar-refractivity contribution is -0.873. The number of unbranched alkanes of at least 4 members (excludes halogenated alkanes) is 23. The molecule has 0 rings (SSSR count). The largest absolute Gasteiger partial charge is 0.550 e. The molecule has 0 amide bonds. The highest BCUT2D eigenvalue weighted by Gasteiger charge is 2.23. The molecule has 0 saturated heterocycles. The molecule has 0 aromatic rings. The van der Waals surface area contributed by atoms with Crippen LogP contribution in [-0.2, 0) is 28.7 Å². The third kappa shape index (κ3) is 47.6. The molecule has 0 aromatic carbocycles. The minimum Gasteiger partial charge on any atom is -0.550 e. The number of hydrogen-bond donors (Lipinski definition) is 1. The maximum absolute atomic E-state index is 12.0. The number of allylic oxidation sites excluding steroid dienone is 2. The minimum absolute atomic E-state index is 0.191. The number of carboxylic acids is 2. The Hall–Kier alpha value is -2.92. The van der Waals surface area contributed by atoms with Gasteiger partial charge in [-0.1, -0.05) is 161 Å². The molecule has 0 bridgehead atoms. The number of carbonyl (C=O) groups is 4. The molecule has 59 heavy (non-hydrogen) atoms. The molecule has 2 atom stereocenters. The van der Waals surface area contributed by atoms with Crippen LogP contribution in [0.25, 0.3) is 0 Å². The second-order valence-electron chi connectivity index (χ2n) is 18.6. The summed E-state index contributed by atoms with van der Waals surface area (Å²) in [6, 6.07) is 0. The molecule has 0 fully saturated rings. The number of carbonyl (C=O) groups excluding carboxylic acids is 4. The van der Waals surface area contributed by atoms with Crippen molar-refractivity contribution in [1.82, 2.24) is 0 Å². The fraction of sp³-hybridized carbons (Fsp3) is 0.833. The number of ether oxygens (including phenoxy) is 2. The molecular weight excluding hydrogens is 749 g/mol. The number of hydrogen-bond acceptors (Lipinski definition) is 9. The van der Waals surface area contributed by atoms with E-state index in [0.29, 0.717) is 28.5 Å². The molecule has 0 aliphatic heterocycles.